The van der Waals surface area contributed by atoms with Crippen LogP contribution in [0.25, 0.3) is 11.1 Å². The molecule has 2 aliphatic rings. The molecule has 2 saturated heterocycles. The van der Waals surface area contributed by atoms with Gasteiger partial charge in [-0.25, -0.2) is 0 Å². The molecule has 2 aromatic carbocycles. The van der Waals surface area contributed by atoms with Crippen molar-refractivity contribution in [2.75, 3.05) is 44.9 Å². The average molecular weight is 450 g/mol. The van der Waals surface area contributed by atoms with Gasteiger partial charge in [-0.1, -0.05) is 24.3 Å². The van der Waals surface area contributed by atoms with Crippen molar-refractivity contribution in [3.05, 3.63) is 54.1 Å². The van der Waals surface area contributed by atoms with Crippen LogP contribution in [0.5, 0.6) is 5.75 Å². The van der Waals surface area contributed by atoms with E-state index in [2.05, 4.69) is 15.2 Å². The highest BCUT2D eigenvalue weighted by molar-refractivity contribution is 5.88. The number of hydrogen-bond donors (Lipinski definition) is 1. The van der Waals surface area contributed by atoms with Gasteiger partial charge in [-0.05, 0) is 61.4 Å². The van der Waals surface area contributed by atoms with Crippen LogP contribution >= 0.6 is 0 Å². The molecule has 174 valence electrons. The third-order valence-electron chi connectivity index (χ3n) is 7.14. The van der Waals surface area contributed by atoms with Crippen LogP contribution < -0.4 is 15.0 Å². The fourth-order valence-electron chi connectivity index (χ4n) is 5.01. The van der Waals surface area contributed by atoms with Gasteiger partial charge in [0.25, 0.3) is 6.01 Å². The standard InChI is InChI=1S/C26H31N3O4/c1-31-21-8-6-20(7-9-21)26(12-16-32-17-13-26)24(30)27-18-19-10-14-29(15-11-19)25-28-22-4-2-3-5-23(22)33-25/h2-9,19H,10-18H2,1H3,(H,27,30). The molecule has 1 amide bonds. The van der Waals surface area contributed by atoms with Crippen molar-refractivity contribution in [1.82, 2.24) is 10.3 Å². The molecule has 0 spiro atoms. The SMILES string of the molecule is COc1ccc(C2(C(=O)NCC3CCN(c4nc5ccccc5o4)CC3)CCOCC2)cc1. The predicted octanol–water partition coefficient (Wildman–Crippen LogP) is 3.92. The van der Waals surface area contributed by atoms with Gasteiger partial charge < -0.3 is 24.1 Å². The molecule has 0 bridgehead atoms. The van der Waals surface area contributed by atoms with E-state index in [0.29, 0.717) is 44.5 Å². The molecule has 33 heavy (non-hydrogen) atoms. The number of hydrogen-bond acceptors (Lipinski definition) is 6. The van der Waals surface area contributed by atoms with Crippen LogP contribution in [-0.4, -0.2) is 50.8 Å². The largest absolute Gasteiger partial charge is 0.497 e. The minimum Gasteiger partial charge on any atom is -0.497 e. The van der Waals surface area contributed by atoms with E-state index in [9.17, 15) is 4.79 Å². The average Bonchev–Trinajstić information content (AvgIpc) is 3.32. The van der Waals surface area contributed by atoms with Gasteiger partial charge in [0.15, 0.2) is 5.58 Å². The highest BCUT2D eigenvalue weighted by atomic mass is 16.5. The minimum absolute atomic E-state index is 0.109. The predicted molar refractivity (Wildman–Crippen MR) is 127 cm³/mol. The molecular weight excluding hydrogens is 418 g/mol. The van der Waals surface area contributed by atoms with Crippen LogP contribution in [0.15, 0.2) is 52.9 Å². The van der Waals surface area contributed by atoms with Gasteiger partial charge in [0.2, 0.25) is 5.91 Å². The molecule has 1 N–H and O–H groups in total. The van der Waals surface area contributed by atoms with Gasteiger partial charge in [0.05, 0.1) is 12.5 Å². The second-order valence-corrected chi connectivity index (χ2v) is 9.03. The van der Waals surface area contributed by atoms with E-state index in [4.69, 9.17) is 13.9 Å². The summed E-state index contributed by atoms with van der Waals surface area (Å²) in [6.07, 6.45) is 3.39. The smallest absolute Gasteiger partial charge is 0.298 e. The fourth-order valence-corrected chi connectivity index (χ4v) is 5.01. The normalized spacial score (nSPS) is 18.9. The highest BCUT2D eigenvalue weighted by Crippen LogP contribution is 2.36. The van der Waals surface area contributed by atoms with E-state index >= 15 is 0 Å². The zero-order valence-corrected chi connectivity index (χ0v) is 19.1. The Morgan fingerprint density at radius 3 is 2.55 bits per heavy atom. The number of oxazole rings is 1. The Labute approximate surface area is 194 Å². The third-order valence-corrected chi connectivity index (χ3v) is 7.14. The summed E-state index contributed by atoms with van der Waals surface area (Å²) in [5.41, 5.74) is 2.21. The number of amides is 1. The number of nitrogens with one attached hydrogen (secondary N) is 1. The number of carbonyl (C=O) groups excluding carboxylic acids is 1. The number of methoxy groups -OCH3 is 1. The Morgan fingerprint density at radius 1 is 1.12 bits per heavy atom. The summed E-state index contributed by atoms with van der Waals surface area (Å²) in [5, 5.41) is 3.28. The van der Waals surface area contributed by atoms with Gasteiger partial charge in [-0.15, -0.1) is 0 Å². The molecular formula is C26H31N3O4. The van der Waals surface area contributed by atoms with E-state index in [1.54, 1.807) is 7.11 Å². The minimum atomic E-state index is -0.538. The first-order chi connectivity index (χ1) is 16.2. The van der Waals surface area contributed by atoms with E-state index in [-0.39, 0.29) is 5.91 Å². The van der Waals surface area contributed by atoms with Crippen molar-refractivity contribution in [3.63, 3.8) is 0 Å². The second kappa shape index (κ2) is 9.43. The molecule has 0 radical (unpaired) electrons. The summed E-state index contributed by atoms with van der Waals surface area (Å²) >= 11 is 0. The first-order valence-corrected chi connectivity index (χ1v) is 11.8. The number of benzene rings is 2. The summed E-state index contributed by atoms with van der Waals surface area (Å²) in [6, 6.07) is 16.4. The fraction of sp³-hybridized carbons (Fsp3) is 0.462. The van der Waals surface area contributed by atoms with Crippen molar-refractivity contribution >= 4 is 23.0 Å². The molecule has 1 aromatic heterocycles. The summed E-state index contributed by atoms with van der Waals surface area (Å²) in [5.74, 6) is 1.35. The Kier molecular flexibility index (Phi) is 6.22. The van der Waals surface area contributed by atoms with Gasteiger partial charge in [-0.2, -0.15) is 4.98 Å². The zero-order chi connectivity index (χ0) is 22.7. The van der Waals surface area contributed by atoms with E-state index in [1.807, 2.05) is 48.5 Å². The monoisotopic (exact) mass is 449 g/mol. The first-order valence-electron chi connectivity index (χ1n) is 11.8. The molecule has 3 heterocycles. The van der Waals surface area contributed by atoms with Crippen molar-refractivity contribution in [3.8, 4) is 5.75 Å². The maximum Gasteiger partial charge on any atom is 0.298 e. The lowest BCUT2D eigenvalue weighted by atomic mass is 9.73. The lowest BCUT2D eigenvalue weighted by Gasteiger charge is -2.37. The quantitative estimate of drug-likeness (QED) is 0.615. The molecule has 7 heteroatoms. The number of fused-ring (bicyclic) bond motifs is 1. The van der Waals surface area contributed by atoms with Crippen LogP contribution in [0.2, 0.25) is 0 Å². The Bertz CT molecular complexity index is 1050. The van der Waals surface area contributed by atoms with Crippen molar-refractivity contribution in [2.45, 2.75) is 31.1 Å². The number of aromatic nitrogens is 1. The molecule has 3 aromatic rings. The van der Waals surface area contributed by atoms with E-state index < -0.39 is 5.41 Å². The number of piperidine rings is 1. The summed E-state index contributed by atoms with van der Waals surface area (Å²) in [7, 11) is 1.65. The van der Waals surface area contributed by atoms with Crippen LogP contribution in [0.3, 0.4) is 0 Å². The van der Waals surface area contributed by atoms with Gasteiger partial charge >= 0.3 is 0 Å². The van der Waals surface area contributed by atoms with Crippen molar-refractivity contribution < 1.29 is 18.7 Å². The number of para-hydroxylation sites is 2. The first kappa shape index (κ1) is 21.8. The zero-order valence-electron chi connectivity index (χ0n) is 19.1. The van der Waals surface area contributed by atoms with Gasteiger partial charge in [-0.3, -0.25) is 4.79 Å². The molecule has 0 atom stereocenters. The maximum atomic E-state index is 13.5. The number of carbonyl (C=O) groups is 1. The van der Waals surface area contributed by atoms with Crippen molar-refractivity contribution in [1.29, 1.82) is 0 Å². The third kappa shape index (κ3) is 4.42. The van der Waals surface area contributed by atoms with Crippen LogP contribution in [0.1, 0.15) is 31.2 Å². The Balaban J connectivity index is 1.20. The number of rotatable bonds is 6. The molecule has 5 rings (SSSR count). The maximum absolute atomic E-state index is 13.5. The number of nitrogens with zero attached hydrogens (tertiary/aromatic N) is 2. The molecule has 2 aliphatic heterocycles. The van der Waals surface area contributed by atoms with E-state index in [1.165, 1.54) is 0 Å². The van der Waals surface area contributed by atoms with Gasteiger partial charge in [0.1, 0.15) is 11.3 Å². The number of anilines is 1. The lowest BCUT2D eigenvalue weighted by Crippen LogP contribution is -2.49. The van der Waals surface area contributed by atoms with Crippen molar-refractivity contribution in [2.24, 2.45) is 5.92 Å². The molecule has 0 aliphatic carbocycles. The van der Waals surface area contributed by atoms with Gasteiger partial charge in [0, 0.05) is 32.8 Å². The second-order valence-electron chi connectivity index (χ2n) is 9.03. The highest BCUT2D eigenvalue weighted by Gasteiger charge is 2.41. The Morgan fingerprint density at radius 2 is 1.85 bits per heavy atom. The number of ether oxygens (including phenoxy) is 2. The molecule has 2 fully saturated rings. The van der Waals surface area contributed by atoms with E-state index in [0.717, 1.165) is 48.3 Å². The molecule has 0 saturated carbocycles. The Hall–Kier alpha value is -3.06. The molecule has 0 unspecified atom stereocenters. The molecule has 7 nitrogen and oxygen atoms in total. The summed E-state index contributed by atoms with van der Waals surface area (Å²) in [4.78, 5) is 20.3. The summed E-state index contributed by atoms with van der Waals surface area (Å²) < 4.78 is 16.8. The van der Waals surface area contributed by atoms with Crippen LogP contribution in [-0.2, 0) is 14.9 Å². The summed E-state index contributed by atoms with van der Waals surface area (Å²) in [6.45, 7) is 3.65. The van der Waals surface area contributed by atoms with Crippen LogP contribution in [0.4, 0.5) is 6.01 Å². The van der Waals surface area contributed by atoms with Crippen LogP contribution in [0, 0.1) is 5.92 Å². The topological polar surface area (TPSA) is 76.8 Å². The lowest BCUT2D eigenvalue weighted by molar-refractivity contribution is -0.130.